The monoisotopic (exact) mass is 278 g/mol. The van der Waals surface area contributed by atoms with E-state index >= 15 is 0 Å². The van der Waals surface area contributed by atoms with Crippen molar-refractivity contribution in [2.75, 3.05) is 23.8 Å². The van der Waals surface area contributed by atoms with Gasteiger partial charge in [-0.05, 0) is 26.7 Å². The number of nitrogens with zero attached hydrogens (tertiary/aromatic N) is 2. The highest BCUT2D eigenvalue weighted by molar-refractivity contribution is 5.57. The fourth-order valence-corrected chi connectivity index (χ4v) is 2.37. The summed E-state index contributed by atoms with van der Waals surface area (Å²) in [6.07, 6.45) is 3.19. The molecule has 1 aliphatic heterocycles. The maximum Gasteiger partial charge on any atom is 0.135 e. The topological polar surface area (TPSA) is 59.1 Å². The van der Waals surface area contributed by atoms with Crippen LogP contribution in [-0.4, -0.2) is 35.3 Å². The van der Waals surface area contributed by atoms with Crippen molar-refractivity contribution in [2.45, 2.75) is 59.1 Å². The Bertz CT molecular complexity index is 450. The molecule has 1 fully saturated rings. The Balaban J connectivity index is 2.21. The van der Waals surface area contributed by atoms with Gasteiger partial charge in [0.1, 0.15) is 17.5 Å². The molecule has 2 atom stereocenters. The Kier molecular flexibility index (Phi) is 5.17. The zero-order valence-electron chi connectivity index (χ0n) is 13.0. The van der Waals surface area contributed by atoms with Crippen molar-refractivity contribution in [2.24, 2.45) is 0 Å². The van der Waals surface area contributed by atoms with Gasteiger partial charge in [-0.2, -0.15) is 0 Å². The second kappa shape index (κ2) is 6.88. The Morgan fingerprint density at radius 1 is 1.25 bits per heavy atom. The van der Waals surface area contributed by atoms with E-state index in [1.165, 1.54) is 0 Å². The normalized spacial score (nSPS) is 22.0. The third-order valence-electron chi connectivity index (χ3n) is 3.75. The standard InChI is InChI=1S/C15H26N4O/c1-5-8-16-14-10(3)15(19-13(6-2)18-14)17-12-7-9-20-11(12)4/h11-12H,5-9H2,1-4H3,(H2,16,17,18,19). The van der Waals surface area contributed by atoms with Crippen molar-refractivity contribution >= 4 is 11.6 Å². The molecule has 1 aliphatic rings. The molecule has 2 rings (SSSR count). The van der Waals surface area contributed by atoms with Crippen LogP contribution in [-0.2, 0) is 11.2 Å². The van der Waals surface area contributed by atoms with Crippen LogP contribution in [0.15, 0.2) is 0 Å². The van der Waals surface area contributed by atoms with Crippen molar-refractivity contribution in [3.8, 4) is 0 Å². The molecule has 1 aromatic rings. The number of aromatic nitrogens is 2. The molecule has 0 radical (unpaired) electrons. The zero-order valence-corrected chi connectivity index (χ0v) is 13.0. The fraction of sp³-hybridized carbons (Fsp3) is 0.733. The number of aryl methyl sites for hydroxylation is 1. The van der Waals surface area contributed by atoms with Gasteiger partial charge in [0.15, 0.2) is 0 Å². The molecule has 0 amide bonds. The summed E-state index contributed by atoms with van der Waals surface area (Å²) in [5.41, 5.74) is 1.09. The third-order valence-corrected chi connectivity index (χ3v) is 3.75. The Morgan fingerprint density at radius 2 is 2.00 bits per heavy atom. The van der Waals surface area contributed by atoms with E-state index in [0.29, 0.717) is 6.04 Å². The van der Waals surface area contributed by atoms with Gasteiger partial charge < -0.3 is 15.4 Å². The maximum absolute atomic E-state index is 5.61. The van der Waals surface area contributed by atoms with Crippen LogP contribution < -0.4 is 10.6 Å². The van der Waals surface area contributed by atoms with Crippen molar-refractivity contribution in [3.05, 3.63) is 11.4 Å². The molecule has 0 bridgehead atoms. The highest BCUT2D eigenvalue weighted by atomic mass is 16.5. The number of anilines is 2. The first-order valence-electron chi connectivity index (χ1n) is 7.65. The average molecular weight is 278 g/mol. The molecule has 0 saturated carbocycles. The fourth-order valence-electron chi connectivity index (χ4n) is 2.37. The number of hydrogen-bond donors (Lipinski definition) is 2. The highest BCUT2D eigenvalue weighted by Gasteiger charge is 2.25. The predicted molar refractivity (Wildman–Crippen MR) is 82.4 cm³/mol. The first-order chi connectivity index (χ1) is 9.65. The van der Waals surface area contributed by atoms with Gasteiger partial charge in [-0.15, -0.1) is 0 Å². The first-order valence-corrected chi connectivity index (χ1v) is 7.65. The molecule has 1 saturated heterocycles. The Hall–Kier alpha value is -1.36. The molecule has 2 unspecified atom stereocenters. The summed E-state index contributed by atoms with van der Waals surface area (Å²) in [5, 5.41) is 6.93. The van der Waals surface area contributed by atoms with Crippen molar-refractivity contribution < 1.29 is 4.74 Å². The molecule has 5 heteroatoms. The minimum atomic E-state index is 0.237. The minimum Gasteiger partial charge on any atom is -0.376 e. The van der Waals surface area contributed by atoms with Gasteiger partial charge in [-0.3, -0.25) is 0 Å². The van der Waals surface area contributed by atoms with Crippen LogP contribution in [0.4, 0.5) is 11.6 Å². The smallest absolute Gasteiger partial charge is 0.135 e. The molecular formula is C15H26N4O. The van der Waals surface area contributed by atoms with Gasteiger partial charge in [-0.1, -0.05) is 13.8 Å². The SMILES string of the molecule is CCCNc1nc(CC)nc(NC2CCOC2C)c1C. The first kappa shape index (κ1) is 15.0. The molecule has 0 aliphatic carbocycles. The van der Waals surface area contributed by atoms with Gasteiger partial charge in [0.05, 0.1) is 12.1 Å². The van der Waals surface area contributed by atoms with Crippen LogP contribution in [0.1, 0.15) is 45.0 Å². The van der Waals surface area contributed by atoms with E-state index in [4.69, 9.17) is 4.74 Å². The molecule has 20 heavy (non-hydrogen) atoms. The van der Waals surface area contributed by atoms with E-state index < -0.39 is 0 Å². The number of rotatable bonds is 6. The molecule has 0 aromatic carbocycles. The lowest BCUT2D eigenvalue weighted by Crippen LogP contribution is -2.28. The minimum absolute atomic E-state index is 0.237. The molecule has 2 N–H and O–H groups in total. The predicted octanol–water partition coefficient (Wildman–Crippen LogP) is 2.76. The molecule has 2 heterocycles. The zero-order chi connectivity index (χ0) is 14.5. The lowest BCUT2D eigenvalue weighted by molar-refractivity contribution is 0.121. The van der Waals surface area contributed by atoms with E-state index in [1.54, 1.807) is 0 Å². The van der Waals surface area contributed by atoms with Gasteiger partial charge in [0.2, 0.25) is 0 Å². The van der Waals surface area contributed by atoms with Crippen LogP contribution in [0.25, 0.3) is 0 Å². The quantitative estimate of drug-likeness (QED) is 0.838. The molecule has 0 spiro atoms. The number of nitrogens with one attached hydrogen (secondary N) is 2. The summed E-state index contributed by atoms with van der Waals surface area (Å²) >= 11 is 0. The van der Waals surface area contributed by atoms with Gasteiger partial charge in [0.25, 0.3) is 0 Å². The summed E-state index contributed by atoms with van der Waals surface area (Å²) in [5.74, 6) is 2.77. The Labute approximate surface area is 121 Å². The summed E-state index contributed by atoms with van der Waals surface area (Å²) in [6, 6.07) is 0.340. The molecule has 5 nitrogen and oxygen atoms in total. The van der Waals surface area contributed by atoms with E-state index in [0.717, 1.165) is 55.4 Å². The van der Waals surface area contributed by atoms with Crippen LogP contribution in [0.5, 0.6) is 0 Å². The summed E-state index contributed by atoms with van der Waals surface area (Å²) < 4.78 is 5.61. The van der Waals surface area contributed by atoms with E-state index in [9.17, 15) is 0 Å². The largest absolute Gasteiger partial charge is 0.376 e. The summed E-state index contributed by atoms with van der Waals surface area (Å²) in [7, 11) is 0. The van der Waals surface area contributed by atoms with E-state index in [2.05, 4.69) is 48.3 Å². The number of hydrogen-bond acceptors (Lipinski definition) is 5. The van der Waals surface area contributed by atoms with Crippen LogP contribution in [0.2, 0.25) is 0 Å². The molecule has 112 valence electrons. The summed E-state index contributed by atoms with van der Waals surface area (Å²) in [6.45, 7) is 10.2. The lowest BCUT2D eigenvalue weighted by Gasteiger charge is -2.20. The lowest BCUT2D eigenvalue weighted by atomic mass is 10.1. The van der Waals surface area contributed by atoms with Gasteiger partial charge >= 0.3 is 0 Å². The molecular weight excluding hydrogens is 252 g/mol. The maximum atomic E-state index is 5.61. The van der Waals surface area contributed by atoms with Crippen molar-refractivity contribution in [3.63, 3.8) is 0 Å². The van der Waals surface area contributed by atoms with E-state index in [-0.39, 0.29) is 6.10 Å². The molecule has 1 aromatic heterocycles. The van der Waals surface area contributed by atoms with Crippen molar-refractivity contribution in [1.82, 2.24) is 9.97 Å². The van der Waals surface area contributed by atoms with Gasteiger partial charge in [0, 0.05) is 25.1 Å². The average Bonchev–Trinajstić information content (AvgIpc) is 2.85. The number of ether oxygens (including phenoxy) is 1. The van der Waals surface area contributed by atoms with Gasteiger partial charge in [-0.25, -0.2) is 9.97 Å². The van der Waals surface area contributed by atoms with Crippen LogP contribution in [0.3, 0.4) is 0 Å². The van der Waals surface area contributed by atoms with Crippen LogP contribution >= 0.6 is 0 Å². The Morgan fingerprint density at radius 3 is 2.60 bits per heavy atom. The van der Waals surface area contributed by atoms with E-state index in [1.807, 2.05) is 0 Å². The second-order valence-electron chi connectivity index (χ2n) is 5.36. The van der Waals surface area contributed by atoms with Crippen molar-refractivity contribution in [1.29, 1.82) is 0 Å². The third kappa shape index (κ3) is 3.39. The highest BCUT2D eigenvalue weighted by Crippen LogP contribution is 2.24. The summed E-state index contributed by atoms with van der Waals surface area (Å²) in [4.78, 5) is 9.23. The van der Waals surface area contributed by atoms with Crippen LogP contribution in [0, 0.1) is 6.92 Å². The second-order valence-corrected chi connectivity index (χ2v) is 5.36.